The van der Waals surface area contributed by atoms with Gasteiger partial charge in [-0.3, -0.25) is 4.72 Å². The van der Waals surface area contributed by atoms with Gasteiger partial charge in [0, 0.05) is 17.1 Å². The van der Waals surface area contributed by atoms with Gasteiger partial charge in [0.15, 0.2) is 0 Å². The van der Waals surface area contributed by atoms with Gasteiger partial charge in [-0.05, 0) is 43.6 Å². The first-order valence-electron chi connectivity index (χ1n) is 7.93. The highest BCUT2D eigenvalue weighted by Gasteiger charge is 2.22. The number of phenols is 1. The van der Waals surface area contributed by atoms with Gasteiger partial charge in [0.25, 0.3) is 10.0 Å². The quantitative estimate of drug-likeness (QED) is 0.603. The zero-order chi connectivity index (χ0) is 19.8. The summed E-state index contributed by atoms with van der Waals surface area (Å²) in [5.41, 5.74) is 1.37. The molecular formula is C18H18N2O5S2. The largest absolute Gasteiger partial charge is 0.507 e. The van der Waals surface area contributed by atoms with Gasteiger partial charge in [-0.15, -0.1) is 0 Å². The van der Waals surface area contributed by atoms with Gasteiger partial charge in [-0.1, -0.05) is 29.8 Å². The molecular weight excluding hydrogens is 388 g/mol. The van der Waals surface area contributed by atoms with Gasteiger partial charge in [0.05, 0.1) is 9.79 Å². The van der Waals surface area contributed by atoms with Crippen molar-refractivity contribution in [3.8, 4) is 5.75 Å². The Hall–Kier alpha value is -2.62. The SMILES string of the molecule is CNS(=O)(=O)c1cccc2cc(S(=O)(=O)Nc3ccc(C)cc3)cc(O)c12. The number of benzene rings is 3. The van der Waals surface area contributed by atoms with E-state index in [2.05, 4.69) is 9.44 Å². The van der Waals surface area contributed by atoms with E-state index < -0.39 is 25.8 Å². The third-order valence-electron chi connectivity index (χ3n) is 4.06. The Morgan fingerprint density at radius 1 is 0.889 bits per heavy atom. The Bertz CT molecular complexity index is 1220. The van der Waals surface area contributed by atoms with Crippen LogP contribution in [0.25, 0.3) is 10.8 Å². The first-order valence-corrected chi connectivity index (χ1v) is 10.9. The average molecular weight is 406 g/mol. The molecule has 0 spiro atoms. The van der Waals surface area contributed by atoms with Gasteiger partial charge < -0.3 is 5.11 Å². The van der Waals surface area contributed by atoms with Crippen molar-refractivity contribution in [3.05, 3.63) is 60.2 Å². The summed E-state index contributed by atoms with van der Waals surface area (Å²) in [7, 11) is -6.53. The molecule has 3 N–H and O–H groups in total. The summed E-state index contributed by atoms with van der Waals surface area (Å²) in [5.74, 6) is -0.439. The van der Waals surface area contributed by atoms with Crippen LogP contribution in [0.4, 0.5) is 5.69 Å². The number of sulfonamides is 2. The van der Waals surface area contributed by atoms with E-state index in [0.29, 0.717) is 5.69 Å². The van der Waals surface area contributed by atoms with Crippen LogP contribution in [-0.4, -0.2) is 29.0 Å². The van der Waals surface area contributed by atoms with Crippen LogP contribution in [-0.2, 0) is 20.0 Å². The predicted molar refractivity (Wildman–Crippen MR) is 104 cm³/mol. The highest BCUT2D eigenvalue weighted by atomic mass is 32.2. The van der Waals surface area contributed by atoms with Gasteiger partial charge in [-0.2, -0.15) is 0 Å². The average Bonchev–Trinajstić information content (AvgIpc) is 2.63. The second-order valence-electron chi connectivity index (χ2n) is 5.98. The van der Waals surface area contributed by atoms with E-state index in [1.165, 1.54) is 31.3 Å². The molecule has 3 rings (SSSR count). The number of fused-ring (bicyclic) bond motifs is 1. The van der Waals surface area contributed by atoms with Crippen LogP contribution < -0.4 is 9.44 Å². The van der Waals surface area contributed by atoms with Crippen LogP contribution in [0.1, 0.15) is 5.56 Å². The molecule has 0 heterocycles. The standard InChI is InChI=1S/C18H18N2O5S2/c1-12-6-8-14(9-7-12)20-26(22,23)15-10-13-4-3-5-17(27(24,25)19-2)18(13)16(21)11-15/h3-11,19-21H,1-2H3. The highest BCUT2D eigenvalue weighted by molar-refractivity contribution is 7.92. The van der Waals surface area contributed by atoms with Crippen molar-refractivity contribution >= 4 is 36.5 Å². The van der Waals surface area contributed by atoms with E-state index in [1.54, 1.807) is 24.3 Å². The second-order valence-corrected chi connectivity index (χ2v) is 9.51. The van der Waals surface area contributed by atoms with Gasteiger partial charge in [0.2, 0.25) is 10.0 Å². The lowest BCUT2D eigenvalue weighted by Crippen LogP contribution is -2.19. The Kier molecular flexibility index (Phi) is 4.85. The first kappa shape index (κ1) is 19.2. The molecule has 3 aromatic carbocycles. The second kappa shape index (κ2) is 6.84. The lowest BCUT2D eigenvalue weighted by atomic mass is 10.1. The first-order chi connectivity index (χ1) is 12.6. The van der Waals surface area contributed by atoms with Crippen molar-refractivity contribution in [2.45, 2.75) is 16.7 Å². The van der Waals surface area contributed by atoms with E-state index in [1.807, 2.05) is 6.92 Å². The molecule has 9 heteroatoms. The number of rotatable bonds is 5. The van der Waals surface area contributed by atoms with Crippen molar-refractivity contribution < 1.29 is 21.9 Å². The number of hydrogen-bond donors (Lipinski definition) is 3. The fourth-order valence-electron chi connectivity index (χ4n) is 2.67. The molecule has 0 aliphatic heterocycles. The summed E-state index contributed by atoms with van der Waals surface area (Å²) >= 11 is 0. The van der Waals surface area contributed by atoms with Crippen molar-refractivity contribution in [1.29, 1.82) is 0 Å². The van der Waals surface area contributed by atoms with E-state index in [0.717, 1.165) is 11.6 Å². The summed E-state index contributed by atoms with van der Waals surface area (Å²) < 4.78 is 54.3. The zero-order valence-corrected chi connectivity index (χ0v) is 16.2. The zero-order valence-electron chi connectivity index (χ0n) is 14.6. The monoisotopic (exact) mass is 406 g/mol. The lowest BCUT2D eigenvalue weighted by Gasteiger charge is -2.12. The minimum atomic E-state index is -3.97. The van der Waals surface area contributed by atoms with Crippen molar-refractivity contribution in [2.24, 2.45) is 0 Å². The third kappa shape index (κ3) is 3.75. The normalized spacial score (nSPS) is 12.2. The number of aryl methyl sites for hydroxylation is 1. The molecule has 0 atom stereocenters. The van der Waals surface area contributed by atoms with E-state index >= 15 is 0 Å². The molecule has 7 nitrogen and oxygen atoms in total. The molecule has 0 aromatic heterocycles. The van der Waals surface area contributed by atoms with Gasteiger partial charge >= 0.3 is 0 Å². The molecule has 0 saturated heterocycles. The van der Waals surface area contributed by atoms with Crippen molar-refractivity contribution in [3.63, 3.8) is 0 Å². The Labute approximate surface area is 157 Å². The highest BCUT2D eigenvalue weighted by Crippen LogP contribution is 2.34. The topological polar surface area (TPSA) is 113 Å². The number of anilines is 1. The fraction of sp³-hybridized carbons (Fsp3) is 0.111. The smallest absolute Gasteiger partial charge is 0.262 e. The van der Waals surface area contributed by atoms with Crippen LogP contribution in [0.15, 0.2) is 64.4 Å². The lowest BCUT2D eigenvalue weighted by molar-refractivity contribution is 0.478. The van der Waals surface area contributed by atoms with Gasteiger partial charge in [-0.25, -0.2) is 21.6 Å². The van der Waals surface area contributed by atoms with Crippen LogP contribution >= 0.6 is 0 Å². The Balaban J connectivity index is 2.13. The maximum absolute atomic E-state index is 12.7. The molecule has 0 aliphatic rings. The fourth-order valence-corrected chi connectivity index (χ4v) is 4.75. The van der Waals surface area contributed by atoms with Crippen molar-refractivity contribution in [1.82, 2.24) is 4.72 Å². The Morgan fingerprint density at radius 2 is 1.56 bits per heavy atom. The van der Waals surface area contributed by atoms with Crippen LogP contribution in [0.2, 0.25) is 0 Å². The molecule has 0 unspecified atom stereocenters. The molecule has 0 aliphatic carbocycles. The molecule has 142 valence electrons. The maximum Gasteiger partial charge on any atom is 0.262 e. The summed E-state index contributed by atoms with van der Waals surface area (Å²) in [6.07, 6.45) is 0. The summed E-state index contributed by atoms with van der Waals surface area (Å²) in [5, 5.41) is 10.7. The third-order valence-corrected chi connectivity index (χ3v) is 6.88. The van der Waals surface area contributed by atoms with E-state index in [4.69, 9.17) is 0 Å². The molecule has 0 bridgehead atoms. The van der Waals surface area contributed by atoms with Crippen LogP contribution in [0, 0.1) is 6.92 Å². The number of nitrogens with one attached hydrogen (secondary N) is 2. The number of phenolic OH excluding ortho intramolecular Hbond substituents is 1. The molecule has 3 aromatic rings. The summed E-state index contributed by atoms with van der Waals surface area (Å²) in [4.78, 5) is -0.303. The van der Waals surface area contributed by atoms with Gasteiger partial charge in [0.1, 0.15) is 5.75 Å². The molecule has 0 fully saturated rings. The minimum absolute atomic E-state index is 0.0566. The molecule has 0 saturated carbocycles. The summed E-state index contributed by atoms with van der Waals surface area (Å²) in [6, 6.07) is 13.5. The Morgan fingerprint density at radius 3 is 2.19 bits per heavy atom. The molecule has 0 radical (unpaired) electrons. The predicted octanol–water partition coefficient (Wildman–Crippen LogP) is 2.56. The number of aromatic hydroxyl groups is 1. The van der Waals surface area contributed by atoms with Crippen molar-refractivity contribution in [2.75, 3.05) is 11.8 Å². The molecule has 0 amide bonds. The van der Waals surface area contributed by atoms with Crippen LogP contribution in [0.5, 0.6) is 5.75 Å². The van der Waals surface area contributed by atoms with E-state index in [9.17, 15) is 21.9 Å². The number of hydrogen-bond acceptors (Lipinski definition) is 5. The summed E-state index contributed by atoms with van der Waals surface area (Å²) in [6.45, 7) is 1.89. The van der Waals surface area contributed by atoms with Crippen LogP contribution in [0.3, 0.4) is 0 Å². The minimum Gasteiger partial charge on any atom is -0.507 e. The maximum atomic E-state index is 12.7. The van der Waals surface area contributed by atoms with E-state index in [-0.39, 0.29) is 20.6 Å². The molecule has 27 heavy (non-hydrogen) atoms.